The summed E-state index contributed by atoms with van der Waals surface area (Å²) in [4.78, 5) is 14.6. The lowest BCUT2D eigenvalue weighted by Gasteiger charge is -2.23. The maximum Gasteiger partial charge on any atom is 0.223 e. The van der Waals surface area contributed by atoms with E-state index >= 15 is 0 Å². The first kappa shape index (κ1) is 15.4. The molecule has 1 aliphatic heterocycles. The minimum absolute atomic E-state index is 0.149. The van der Waals surface area contributed by atoms with Crippen LogP contribution in [0, 0.1) is 0 Å². The molecule has 4 nitrogen and oxygen atoms in total. The van der Waals surface area contributed by atoms with E-state index in [-0.39, 0.29) is 11.6 Å². The molecule has 1 amide bonds. The maximum atomic E-state index is 12.7. The van der Waals surface area contributed by atoms with E-state index in [2.05, 4.69) is 34.5 Å². The molecule has 0 aromatic heterocycles. The number of carbonyl (C=O) groups excluding carboxylic acids is 1. The average molecular weight is 307 g/mol. The van der Waals surface area contributed by atoms with Gasteiger partial charge in [0.15, 0.2) is 5.66 Å². The lowest BCUT2D eigenvalue weighted by atomic mass is 10.1. The van der Waals surface area contributed by atoms with Gasteiger partial charge in [-0.2, -0.15) is 10.2 Å². The van der Waals surface area contributed by atoms with Crippen molar-refractivity contribution in [3.63, 3.8) is 0 Å². The second-order valence-electron chi connectivity index (χ2n) is 6.14. The Hall–Kier alpha value is -2.49. The Morgan fingerprint density at radius 2 is 1.39 bits per heavy atom. The molecular formula is C19H21N3O. The fourth-order valence-electron chi connectivity index (χ4n) is 2.53. The zero-order valence-corrected chi connectivity index (χ0v) is 13.4. The summed E-state index contributed by atoms with van der Waals surface area (Å²) in [5.74, 6) is 0.149. The van der Waals surface area contributed by atoms with E-state index in [0.29, 0.717) is 25.9 Å². The molecule has 2 aromatic rings. The Balaban J connectivity index is 1.68. The Morgan fingerprint density at radius 3 is 1.83 bits per heavy atom. The molecule has 0 fully saturated rings. The molecule has 23 heavy (non-hydrogen) atoms. The van der Waals surface area contributed by atoms with Crippen LogP contribution in [0.25, 0.3) is 0 Å². The molecule has 0 radical (unpaired) electrons. The molecule has 0 bridgehead atoms. The molecule has 2 aromatic carbocycles. The summed E-state index contributed by atoms with van der Waals surface area (Å²) >= 11 is 0. The zero-order valence-electron chi connectivity index (χ0n) is 13.4. The summed E-state index contributed by atoms with van der Waals surface area (Å²) < 4.78 is 0. The molecule has 0 saturated heterocycles. The standard InChI is InChI=1S/C19H21N3O/c1-19(20-21-19)13-12-18(23)22(14-16-8-4-2-5-9-16)15-17-10-6-3-7-11-17/h2-11H,12-15H2,1H3. The summed E-state index contributed by atoms with van der Waals surface area (Å²) in [6.45, 7) is 3.21. The normalized spacial score (nSPS) is 14.5. The smallest absolute Gasteiger partial charge is 0.223 e. The van der Waals surface area contributed by atoms with Crippen LogP contribution < -0.4 is 0 Å². The largest absolute Gasteiger partial charge is 0.334 e. The summed E-state index contributed by atoms with van der Waals surface area (Å²) in [5, 5.41) is 7.98. The Labute approximate surface area is 136 Å². The summed E-state index contributed by atoms with van der Waals surface area (Å²) in [6, 6.07) is 20.2. The molecule has 4 heteroatoms. The van der Waals surface area contributed by atoms with Crippen LogP contribution >= 0.6 is 0 Å². The highest BCUT2D eigenvalue weighted by molar-refractivity contribution is 5.76. The number of carbonyl (C=O) groups is 1. The van der Waals surface area contributed by atoms with E-state index in [1.807, 2.05) is 48.2 Å². The third-order valence-electron chi connectivity index (χ3n) is 4.04. The first-order valence-electron chi connectivity index (χ1n) is 7.94. The predicted molar refractivity (Wildman–Crippen MR) is 89.6 cm³/mol. The minimum Gasteiger partial charge on any atom is -0.334 e. The SMILES string of the molecule is CC1(CCC(=O)N(Cc2ccccc2)Cc2ccccc2)N=N1. The van der Waals surface area contributed by atoms with Crippen LogP contribution in [0.15, 0.2) is 70.9 Å². The van der Waals surface area contributed by atoms with Gasteiger partial charge in [0.25, 0.3) is 0 Å². The summed E-state index contributed by atoms with van der Waals surface area (Å²) in [6.07, 6.45) is 1.16. The molecule has 0 spiro atoms. The van der Waals surface area contributed by atoms with E-state index < -0.39 is 0 Å². The molecule has 3 rings (SSSR count). The van der Waals surface area contributed by atoms with Crippen molar-refractivity contribution in [1.29, 1.82) is 0 Å². The van der Waals surface area contributed by atoms with Gasteiger partial charge < -0.3 is 4.90 Å². The van der Waals surface area contributed by atoms with Crippen LogP contribution in [-0.2, 0) is 17.9 Å². The lowest BCUT2D eigenvalue weighted by Crippen LogP contribution is -2.30. The highest BCUT2D eigenvalue weighted by atomic mass is 16.2. The van der Waals surface area contributed by atoms with E-state index in [0.717, 1.165) is 11.1 Å². The molecular weight excluding hydrogens is 286 g/mol. The highest BCUT2D eigenvalue weighted by Crippen LogP contribution is 2.32. The van der Waals surface area contributed by atoms with Gasteiger partial charge in [-0.3, -0.25) is 4.79 Å². The quantitative estimate of drug-likeness (QED) is 0.757. The van der Waals surface area contributed by atoms with Crippen LogP contribution in [0.2, 0.25) is 0 Å². The molecule has 0 aliphatic carbocycles. The van der Waals surface area contributed by atoms with Gasteiger partial charge in [-0.25, -0.2) is 0 Å². The van der Waals surface area contributed by atoms with E-state index in [1.54, 1.807) is 0 Å². The molecule has 0 atom stereocenters. The van der Waals surface area contributed by atoms with E-state index in [1.165, 1.54) is 0 Å². The second kappa shape index (κ2) is 6.73. The molecule has 1 aliphatic rings. The summed E-state index contributed by atoms with van der Waals surface area (Å²) in [7, 11) is 0. The van der Waals surface area contributed by atoms with Crippen LogP contribution in [-0.4, -0.2) is 16.5 Å². The van der Waals surface area contributed by atoms with Gasteiger partial charge in [0.05, 0.1) is 0 Å². The van der Waals surface area contributed by atoms with Crippen LogP contribution in [0.1, 0.15) is 30.9 Å². The topological polar surface area (TPSA) is 45.0 Å². The van der Waals surface area contributed by atoms with Crippen molar-refractivity contribution in [2.45, 2.75) is 38.5 Å². The third-order valence-corrected chi connectivity index (χ3v) is 4.04. The molecule has 0 saturated carbocycles. The zero-order chi connectivity index (χ0) is 16.1. The van der Waals surface area contributed by atoms with Crippen molar-refractivity contribution in [1.82, 2.24) is 4.90 Å². The Bertz CT molecular complexity index is 635. The van der Waals surface area contributed by atoms with Crippen molar-refractivity contribution < 1.29 is 4.79 Å². The van der Waals surface area contributed by atoms with Gasteiger partial charge in [-0.05, 0) is 18.1 Å². The highest BCUT2D eigenvalue weighted by Gasteiger charge is 2.34. The summed E-state index contributed by atoms with van der Waals surface area (Å²) in [5.41, 5.74) is 1.97. The second-order valence-corrected chi connectivity index (χ2v) is 6.14. The van der Waals surface area contributed by atoms with Crippen LogP contribution in [0.4, 0.5) is 0 Å². The number of nitrogens with zero attached hydrogens (tertiary/aromatic N) is 3. The number of hydrogen-bond acceptors (Lipinski definition) is 3. The number of amides is 1. The fraction of sp³-hybridized carbons (Fsp3) is 0.316. The van der Waals surface area contributed by atoms with E-state index in [4.69, 9.17) is 0 Å². The van der Waals surface area contributed by atoms with Crippen LogP contribution in [0.3, 0.4) is 0 Å². The van der Waals surface area contributed by atoms with Gasteiger partial charge in [0.1, 0.15) is 0 Å². The van der Waals surface area contributed by atoms with Crippen molar-refractivity contribution >= 4 is 5.91 Å². The molecule has 1 heterocycles. The van der Waals surface area contributed by atoms with Gasteiger partial charge in [0.2, 0.25) is 5.91 Å². The molecule has 0 N–H and O–H groups in total. The average Bonchev–Trinajstić information content (AvgIpc) is 3.32. The number of benzene rings is 2. The first-order valence-corrected chi connectivity index (χ1v) is 7.94. The molecule has 118 valence electrons. The Kier molecular flexibility index (Phi) is 4.51. The van der Waals surface area contributed by atoms with Crippen molar-refractivity contribution in [2.75, 3.05) is 0 Å². The van der Waals surface area contributed by atoms with Gasteiger partial charge in [-0.15, -0.1) is 0 Å². The van der Waals surface area contributed by atoms with Gasteiger partial charge >= 0.3 is 0 Å². The predicted octanol–water partition coefficient (Wildman–Crippen LogP) is 4.18. The Morgan fingerprint density at radius 1 is 0.913 bits per heavy atom. The van der Waals surface area contributed by atoms with Gasteiger partial charge in [0, 0.05) is 25.9 Å². The maximum absolute atomic E-state index is 12.7. The third kappa shape index (κ3) is 4.49. The minimum atomic E-state index is -0.319. The van der Waals surface area contributed by atoms with E-state index in [9.17, 15) is 4.79 Å². The first-order chi connectivity index (χ1) is 11.1. The number of rotatable bonds is 7. The monoisotopic (exact) mass is 307 g/mol. The van der Waals surface area contributed by atoms with Crippen molar-refractivity contribution in [3.8, 4) is 0 Å². The molecule has 0 unspecified atom stereocenters. The van der Waals surface area contributed by atoms with Gasteiger partial charge in [-0.1, -0.05) is 60.7 Å². The van der Waals surface area contributed by atoms with Crippen molar-refractivity contribution in [3.05, 3.63) is 71.8 Å². The fourth-order valence-corrected chi connectivity index (χ4v) is 2.53. The van der Waals surface area contributed by atoms with Crippen molar-refractivity contribution in [2.24, 2.45) is 10.2 Å². The number of hydrogen-bond donors (Lipinski definition) is 0. The lowest BCUT2D eigenvalue weighted by molar-refractivity contribution is -0.132. The van der Waals surface area contributed by atoms with Crippen LogP contribution in [0.5, 0.6) is 0 Å².